The molecular weight excluding hydrogens is 387 g/mol. The van der Waals surface area contributed by atoms with Crippen molar-refractivity contribution in [2.75, 3.05) is 0 Å². The number of hydrogen-bond donors (Lipinski definition) is 0. The van der Waals surface area contributed by atoms with Crippen LogP contribution in [0, 0.1) is 37.6 Å². The van der Waals surface area contributed by atoms with Crippen LogP contribution in [0.25, 0.3) is 0 Å². The monoisotopic (exact) mass is 400 g/mol. The molecule has 0 aliphatic heterocycles. The van der Waals surface area contributed by atoms with Crippen LogP contribution in [0.15, 0.2) is 36.4 Å². The Morgan fingerprint density at radius 3 is 1.58 bits per heavy atom. The molecule has 4 heteroatoms. The summed E-state index contributed by atoms with van der Waals surface area (Å²) >= 11 is -1.02. The van der Waals surface area contributed by atoms with E-state index in [4.69, 9.17) is 9.30 Å². The van der Waals surface area contributed by atoms with Gasteiger partial charge in [0.25, 0.3) is 0 Å². The molecule has 0 spiro atoms. The van der Waals surface area contributed by atoms with E-state index in [1.54, 1.807) is 9.65 Å². The summed E-state index contributed by atoms with van der Waals surface area (Å²) in [6.45, 7) is 9.00. The van der Waals surface area contributed by atoms with E-state index in [2.05, 4.69) is 77.8 Å². The molecule has 0 aliphatic rings. The van der Waals surface area contributed by atoms with Gasteiger partial charge < -0.3 is 30.3 Å². The topological polar surface area (TPSA) is 39.8 Å². The summed E-state index contributed by atoms with van der Waals surface area (Å²) in [5, 5.41) is 0. The third-order valence-corrected chi connectivity index (χ3v) is 5.95. The molecule has 0 atom stereocenters. The first-order valence-electron chi connectivity index (χ1n) is 4.90. The maximum Gasteiger partial charge on any atom is 5.00 e. The maximum atomic E-state index is 7.50. The maximum absolute atomic E-state index is 7.50. The Bertz CT molecular complexity index is 371. The Kier molecular flexibility index (Phi) is 24.3. The minimum atomic E-state index is -1.02. The fourth-order valence-corrected chi connectivity index (χ4v) is 3.40. The van der Waals surface area contributed by atoms with Crippen molar-refractivity contribution in [1.82, 2.24) is 0 Å². The van der Waals surface area contributed by atoms with Crippen LogP contribution in [-0.4, -0.2) is 19.8 Å². The van der Waals surface area contributed by atoms with Gasteiger partial charge in [-0.3, -0.25) is 0 Å². The first kappa shape index (κ1) is 23.5. The molecule has 2 aromatic carbocycles. The van der Waals surface area contributed by atoms with Gasteiger partial charge in [0.15, 0.2) is 0 Å². The van der Waals surface area contributed by atoms with Crippen LogP contribution < -0.4 is 3.58 Å². The third kappa shape index (κ3) is 15.3. The molecule has 0 bridgehead atoms. The predicted octanol–water partition coefficient (Wildman–Crippen LogP) is 2.18. The Morgan fingerprint density at radius 1 is 0.947 bits per heavy atom. The van der Waals surface area contributed by atoms with Gasteiger partial charge >= 0.3 is 103 Å². The number of benzene rings is 1. The molecule has 0 saturated heterocycles. The largest absolute Gasteiger partial charge is 5.00 e. The molecule has 0 fully saturated rings. The van der Waals surface area contributed by atoms with E-state index >= 15 is 0 Å². The van der Waals surface area contributed by atoms with Crippen molar-refractivity contribution in [3.8, 4) is 0 Å². The van der Waals surface area contributed by atoms with Crippen LogP contribution in [0.1, 0.15) is 0 Å². The summed E-state index contributed by atoms with van der Waals surface area (Å²) < 4.78 is 16.6. The second-order valence-corrected chi connectivity index (χ2v) is 10.4. The molecule has 0 N–H and O–H groups in total. The minimum Gasteiger partial charge on any atom is -0.999 e. The summed E-state index contributed by atoms with van der Waals surface area (Å²) in [5.41, 5.74) is 0. The predicted molar refractivity (Wildman–Crippen MR) is 68.8 cm³/mol. The zero-order chi connectivity index (χ0) is 14.2. The molecular formula is C15H12FeO2Sn. The quantitative estimate of drug-likeness (QED) is 0.401. The van der Waals surface area contributed by atoms with Crippen LogP contribution in [0.4, 0.5) is 0 Å². The van der Waals surface area contributed by atoms with Gasteiger partial charge in [-0.15, -0.1) is 0 Å². The molecule has 0 heterocycles. The van der Waals surface area contributed by atoms with E-state index in [0.29, 0.717) is 0 Å². The smallest absolute Gasteiger partial charge is 0.999 e. The van der Waals surface area contributed by atoms with E-state index in [1.165, 1.54) is 0 Å². The molecule has 2 aromatic rings. The van der Waals surface area contributed by atoms with Crippen LogP contribution in [0.5, 0.6) is 0 Å². The van der Waals surface area contributed by atoms with E-state index < -0.39 is 19.8 Å². The molecule has 96 valence electrons. The van der Waals surface area contributed by atoms with Crippen molar-refractivity contribution >= 4 is 23.3 Å². The van der Waals surface area contributed by atoms with Crippen molar-refractivity contribution in [2.45, 2.75) is 9.88 Å². The zero-order valence-electron chi connectivity index (χ0n) is 10.6. The Labute approximate surface area is 133 Å². The Hall–Kier alpha value is -0.632. The van der Waals surface area contributed by atoms with Crippen LogP contribution >= 0.6 is 0 Å². The summed E-state index contributed by atoms with van der Waals surface area (Å²) in [6, 6.07) is 22.8. The third-order valence-electron chi connectivity index (χ3n) is 1.70. The van der Waals surface area contributed by atoms with Crippen LogP contribution in [0.2, 0.25) is 9.88 Å². The van der Waals surface area contributed by atoms with Crippen molar-refractivity contribution in [3.63, 3.8) is 0 Å². The van der Waals surface area contributed by atoms with Crippen molar-refractivity contribution in [1.29, 1.82) is 0 Å². The molecule has 0 aliphatic carbocycles. The van der Waals surface area contributed by atoms with Gasteiger partial charge in [-0.25, -0.2) is 0 Å². The normalized spacial score (nSPS) is 7.11. The fourth-order valence-electron chi connectivity index (χ4n) is 0.952. The molecule has 0 aromatic heterocycles. The molecule has 2 nitrogen and oxygen atoms in total. The molecule has 0 amide bonds. The van der Waals surface area contributed by atoms with Gasteiger partial charge in [0, 0.05) is 0 Å². The number of hydrogen-bond acceptors (Lipinski definition) is 0. The van der Waals surface area contributed by atoms with Gasteiger partial charge in [0.2, 0.25) is 0 Å². The molecule has 0 saturated carbocycles. The Morgan fingerprint density at radius 2 is 1.37 bits per heavy atom. The van der Waals surface area contributed by atoms with Gasteiger partial charge in [-0.05, 0) is 0 Å². The summed E-state index contributed by atoms with van der Waals surface area (Å²) in [4.78, 5) is 4.80. The Balaban J connectivity index is -0.000000220. The second-order valence-electron chi connectivity index (χ2n) is 3.05. The van der Waals surface area contributed by atoms with Crippen molar-refractivity contribution in [3.05, 3.63) is 74.0 Å². The van der Waals surface area contributed by atoms with Crippen molar-refractivity contribution in [2.24, 2.45) is 0 Å². The van der Waals surface area contributed by atoms with Gasteiger partial charge in [-0.2, -0.15) is 0 Å². The SMILES string of the molecule is [C-]#[O+].[C-]#[O+].[CH3][Sn]([CH3])[c]1ccccc1.[Fe+5].[c-]1[c-][c-][cH-][c-]1. The average molecular weight is 399 g/mol. The second kappa shape index (κ2) is 19.7. The van der Waals surface area contributed by atoms with E-state index in [1.807, 2.05) is 0 Å². The summed E-state index contributed by atoms with van der Waals surface area (Å²) in [7, 11) is 0. The summed E-state index contributed by atoms with van der Waals surface area (Å²) in [6.07, 6.45) is 0. The van der Waals surface area contributed by atoms with E-state index in [0.717, 1.165) is 0 Å². The molecule has 19 heavy (non-hydrogen) atoms. The zero-order valence-corrected chi connectivity index (χ0v) is 14.6. The average Bonchev–Trinajstić information content (AvgIpc) is 3.03. The van der Waals surface area contributed by atoms with E-state index in [9.17, 15) is 0 Å². The minimum absolute atomic E-state index is 0. The standard InChI is InChI=1S/C6H5.C5H.2CO.2CH3.Fe.Sn/c1-2-4-6-5-3-1;1-2-4-5-3-1;2*1-2;;;;/h1-5H;1H;;;2*1H3;;/q;-5;;;;;+5;. The fraction of sp³-hybridized carbons (Fsp3) is 0.133. The van der Waals surface area contributed by atoms with Crippen LogP contribution in [0.3, 0.4) is 0 Å². The van der Waals surface area contributed by atoms with Gasteiger partial charge in [-0.1, -0.05) is 0 Å². The molecule has 0 unspecified atom stereocenters. The van der Waals surface area contributed by atoms with Gasteiger partial charge in [0.1, 0.15) is 0 Å². The molecule has 2 radical (unpaired) electrons. The summed E-state index contributed by atoms with van der Waals surface area (Å²) in [5.74, 6) is 0. The van der Waals surface area contributed by atoms with E-state index in [-0.39, 0.29) is 17.1 Å². The first-order chi connectivity index (χ1) is 8.80. The number of rotatable bonds is 1. The first-order valence-corrected chi connectivity index (χ1v) is 12.0. The molecule has 2 rings (SSSR count). The van der Waals surface area contributed by atoms with Crippen LogP contribution in [-0.2, 0) is 26.4 Å². The van der Waals surface area contributed by atoms with Crippen molar-refractivity contribution < 1.29 is 26.4 Å². The van der Waals surface area contributed by atoms with Gasteiger partial charge in [0.05, 0.1) is 0 Å².